The Bertz CT molecular complexity index is 2370. The summed E-state index contributed by atoms with van der Waals surface area (Å²) >= 11 is 0. The molecule has 2 heterocycles. The summed E-state index contributed by atoms with van der Waals surface area (Å²) in [6.45, 7) is 1.80. The Morgan fingerprint density at radius 1 is 0.412 bits per heavy atom. The maximum atomic E-state index is 10.3. The lowest BCUT2D eigenvalue weighted by Crippen LogP contribution is -2.65. The second kappa shape index (κ2) is 26.1. The second-order valence-electron chi connectivity index (χ2n) is 16.7. The molecule has 0 bridgehead atoms. The van der Waals surface area contributed by atoms with E-state index in [1.807, 2.05) is 182 Å². The summed E-state index contributed by atoms with van der Waals surface area (Å²) in [5.74, 6) is 0. The zero-order valence-electron chi connectivity index (χ0n) is 38.2. The van der Waals surface area contributed by atoms with E-state index in [2.05, 4.69) is 10.0 Å². The van der Waals surface area contributed by atoms with Crippen LogP contribution in [0.1, 0.15) is 33.4 Å². The van der Waals surface area contributed by atoms with Crippen LogP contribution in [0.25, 0.3) is 10.4 Å². The molecule has 0 N–H and O–H groups in total. The lowest BCUT2D eigenvalue weighted by molar-refractivity contribution is -0.364. The van der Waals surface area contributed by atoms with Gasteiger partial charge in [0, 0.05) is 12.0 Å². The van der Waals surface area contributed by atoms with Gasteiger partial charge in [-0.05, 0) is 38.9 Å². The monoisotopic (exact) mass is 921 g/mol. The van der Waals surface area contributed by atoms with Crippen LogP contribution in [0, 0.1) is 0 Å². The minimum atomic E-state index is -1.23. The Hall–Kier alpha value is -5.77. The van der Waals surface area contributed by atoms with Gasteiger partial charge in [-0.25, -0.2) is 0 Å². The number of benzene rings is 6. The van der Waals surface area contributed by atoms with Crippen molar-refractivity contribution in [3.05, 3.63) is 226 Å². The summed E-state index contributed by atoms with van der Waals surface area (Å²) in [7, 11) is 1.55. The molecule has 2 fully saturated rings. The predicted molar refractivity (Wildman–Crippen MR) is 254 cm³/mol. The molecule has 0 spiro atoms. The van der Waals surface area contributed by atoms with Crippen molar-refractivity contribution in [1.29, 1.82) is 0 Å². The molecule has 0 aliphatic carbocycles. The van der Waals surface area contributed by atoms with E-state index in [-0.39, 0.29) is 39.6 Å². The molecule has 2 aliphatic heterocycles. The molecule has 354 valence electrons. The smallest absolute Gasteiger partial charge is 0.186 e. The van der Waals surface area contributed by atoms with Gasteiger partial charge in [0.2, 0.25) is 0 Å². The first-order chi connectivity index (χ1) is 33.6. The van der Waals surface area contributed by atoms with E-state index in [1.54, 1.807) is 7.11 Å². The molecule has 2 saturated heterocycles. The third-order valence-corrected chi connectivity index (χ3v) is 11.8. The van der Waals surface area contributed by atoms with E-state index in [0.29, 0.717) is 13.2 Å². The standard InChI is InChI=1S/C55H59N3O10/c1-59-55-53(52(65-37-45-30-18-7-19-31-45)50(63-35-43-26-14-5-15-27-43)47(67-55)39-61-33-41-22-10-3-11-23-41)68-54-48(57-58-56)51(64-36-44-28-16-6-17-29-44)49(62-34-42-24-12-4-13-25-42)46(66-54)38-60-32-40-20-8-2-9-21-40/h2-31,46-55H,32-39H2,1H3/t46-,47-,48-,49-,50-,51-,52+,53+,54+,55+/m1/s1. The summed E-state index contributed by atoms with van der Waals surface area (Å²) < 4.78 is 67.0. The highest BCUT2D eigenvalue weighted by molar-refractivity contribution is 5.18. The van der Waals surface area contributed by atoms with Crippen molar-refractivity contribution in [2.75, 3.05) is 20.3 Å². The van der Waals surface area contributed by atoms with Crippen LogP contribution in [0.5, 0.6) is 0 Å². The number of azide groups is 1. The van der Waals surface area contributed by atoms with E-state index in [9.17, 15) is 5.53 Å². The number of methoxy groups -OCH3 is 1. The van der Waals surface area contributed by atoms with Gasteiger partial charge in [-0.3, -0.25) is 0 Å². The SMILES string of the molecule is CO[C@H]1O[C@H](COCc2ccccc2)[C@@H](OCc2ccccc2)[C@H](OCc2ccccc2)[C@@H]1O[C@@H]1O[C@H](COCc2ccccc2)[C@@H](OCc2ccccc2)[C@H](OCc2ccccc2)[C@H]1N=[N+]=[N-]. The van der Waals surface area contributed by atoms with Crippen LogP contribution >= 0.6 is 0 Å². The average molecular weight is 922 g/mol. The Kier molecular flexibility index (Phi) is 18.7. The molecular weight excluding hydrogens is 863 g/mol. The Balaban J connectivity index is 1.14. The molecule has 0 amide bonds. The lowest BCUT2D eigenvalue weighted by Gasteiger charge is -2.49. The van der Waals surface area contributed by atoms with Crippen LogP contribution in [0.15, 0.2) is 187 Å². The predicted octanol–water partition coefficient (Wildman–Crippen LogP) is 9.92. The maximum absolute atomic E-state index is 10.3. The summed E-state index contributed by atoms with van der Waals surface area (Å²) in [5.41, 5.74) is 16.0. The van der Waals surface area contributed by atoms with Crippen molar-refractivity contribution in [2.45, 2.75) is 101 Å². The number of ether oxygens (including phenoxy) is 10. The minimum Gasteiger partial charge on any atom is -0.374 e. The molecule has 6 aromatic carbocycles. The molecule has 0 saturated carbocycles. The molecular formula is C55H59N3O10. The van der Waals surface area contributed by atoms with Crippen molar-refractivity contribution >= 4 is 0 Å². The molecule has 0 radical (unpaired) electrons. The van der Waals surface area contributed by atoms with Gasteiger partial charge in [0.25, 0.3) is 0 Å². The van der Waals surface area contributed by atoms with E-state index >= 15 is 0 Å². The third kappa shape index (κ3) is 13.9. The van der Waals surface area contributed by atoms with Crippen molar-refractivity contribution in [3.8, 4) is 0 Å². The van der Waals surface area contributed by atoms with Crippen LogP contribution in [0.2, 0.25) is 0 Å². The first-order valence-corrected chi connectivity index (χ1v) is 23.0. The maximum Gasteiger partial charge on any atom is 0.186 e. The molecule has 8 rings (SSSR count). The van der Waals surface area contributed by atoms with Gasteiger partial charge in [0.1, 0.15) is 48.8 Å². The van der Waals surface area contributed by atoms with E-state index in [1.165, 1.54) is 0 Å². The summed E-state index contributed by atoms with van der Waals surface area (Å²) in [5, 5.41) is 4.35. The highest BCUT2D eigenvalue weighted by atomic mass is 16.8. The molecule has 13 nitrogen and oxygen atoms in total. The highest BCUT2D eigenvalue weighted by Crippen LogP contribution is 2.36. The van der Waals surface area contributed by atoms with Crippen LogP contribution in [0.4, 0.5) is 0 Å². The first-order valence-electron chi connectivity index (χ1n) is 23.0. The summed E-state index contributed by atoms with van der Waals surface area (Å²) in [6, 6.07) is 58.2. The molecule has 13 heteroatoms. The van der Waals surface area contributed by atoms with Gasteiger partial charge in [0.15, 0.2) is 12.6 Å². The number of hydrogen-bond acceptors (Lipinski definition) is 11. The Labute approximate surface area is 398 Å². The van der Waals surface area contributed by atoms with Crippen LogP contribution in [0.3, 0.4) is 0 Å². The van der Waals surface area contributed by atoms with E-state index < -0.39 is 61.3 Å². The fraction of sp³-hybridized carbons (Fsp3) is 0.345. The fourth-order valence-corrected chi connectivity index (χ4v) is 8.41. The van der Waals surface area contributed by atoms with Crippen LogP contribution in [-0.2, 0) is 87.0 Å². The number of rotatable bonds is 24. The van der Waals surface area contributed by atoms with Crippen molar-refractivity contribution < 1.29 is 47.4 Å². The summed E-state index contributed by atoms with van der Waals surface area (Å²) in [4.78, 5) is 3.33. The first kappa shape index (κ1) is 48.7. The fourth-order valence-electron chi connectivity index (χ4n) is 8.41. The van der Waals surface area contributed by atoms with Gasteiger partial charge in [-0.2, -0.15) is 0 Å². The van der Waals surface area contributed by atoms with Crippen molar-refractivity contribution in [1.82, 2.24) is 0 Å². The second-order valence-corrected chi connectivity index (χ2v) is 16.7. The quantitative estimate of drug-likeness (QED) is 0.0327. The van der Waals surface area contributed by atoms with Crippen LogP contribution in [-0.4, -0.2) is 81.7 Å². The average Bonchev–Trinajstić information content (AvgIpc) is 3.39. The topological polar surface area (TPSA) is 141 Å². The van der Waals surface area contributed by atoms with Crippen LogP contribution < -0.4 is 0 Å². The number of hydrogen-bond donors (Lipinski definition) is 0. The van der Waals surface area contributed by atoms with Gasteiger partial charge in [-0.1, -0.05) is 187 Å². The van der Waals surface area contributed by atoms with E-state index in [4.69, 9.17) is 47.4 Å². The Morgan fingerprint density at radius 2 is 0.735 bits per heavy atom. The van der Waals surface area contributed by atoms with Crippen molar-refractivity contribution in [2.24, 2.45) is 5.11 Å². The zero-order valence-corrected chi connectivity index (χ0v) is 38.2. The third-order valence-electron chi connectivity index (χ3n) is 11.8. The highest BCUT2D eigenvalue weighted by Gasteiger charge is 2.54. The molecule has 0 aromatic heterocycles. The molecule has 0 unspecified atom stereocenters. The Morgan fingerprint density at radius 3 is 1.10 bits per heavy atom. The van der Waals surface area contributed by atoms with E-state index in [0.717, 1.165) is 33.4 Å². The molecule has 2 aliphatic rings. The molecule has 68 heavy (non-hydrogen) atoms. The summed E-state index contributed by atoms with van der Waals surface area (Å²) in [6.07, 6.45) is -7.91. The van der Waals surface area contributed by atoms with Gasteiger partial charge in [-0.15, -0.1) is 0 Å². The van der Waals surface area contributed by atoms with Crippen molar-refractivity contribution in [3.63, 3.8) is 0 Å². The van der Waals surface area contributed by atoms with Gasteiger partial charge >= 0.3 is 0 Å². The van der Waals surface area contributed by atoms with Gasteiger partial charge in [0.05, 0.1) is 52.9 Å². The molecule has 6 aromatic rings. The largest absolute Gasteiger partial charge is 0.374 e. The lowest BCUT2D eigenvalue weighted by atomic mass is 9.95. The molecule has 10 atom stereocenters. The van der Waals surface area contributed by atoms with Gasteiger partial charge < -0.3 is 47.4 Å². The number of nitrogens with zero attached hydrogens (tertiary/aromatic N) is 3. The zero-order chi connectivity index (χ0) is 46.6. The normalized spacial score (nSPS) is 24.8. The minimum absolute atomic E-state index is 0.0921.